The number of hydrogen-bond acceptors (Lipinski definition) is 1. The molecule has 0 saturated heterocycles. The largest absolute Gasteiger partial charge is 0.368 e. The first-order chi connectivity index (χ1) is 5.50. The molecule has 12 heavy (non-hydrogen) atoms. The highest BCUT2D eigenvalue weighted by atomic mass is 14.6. The summed E-state index contributed by atoms with van der Waals surface area (Å²) in [6.45, 7) is 0. The van der Waals surface area contributed by atoms with Gasteiger partial charge in [0.25, 0.3) is 0 Å². The van der Waals surface area contributed by atoms with Crippen LogP contribution in [0.1, 0.15) is 0 Å². The lowest BCUT2D eigenvalue weighted by Crippen LogP contribution is -1.58. The molecule has 2 heterocycles. The number of aromatic amines is 1. The molecule has 2 rings (SSSR count). The van der Waals surface area contributed by atoms with E-state index in [1.165, 1.54) is 0 Å². The summed E-state index contributed by atoms with van der Waals surface area (Å²) in [5.41, 5.74) is 0. The predicted octanol–water partition coefficient (Wildman–Crippen LogP) is 1.72. The molecule has 3 heteroatoms. The maximum absolute atomic E-state index is 3.78. The van der Waals surface area contributed by atoms with Crippen molar-refractivity contribution in [2.45, 2.75) is 0 Å². The minimum absolute atomic E-state index is 0. The molecule has 2 nitrogen and oxygen atoms in total. The standard InChI is InChI=1S/C5H5N.C4H5N.B/c1-2-4-6-5-3-1;1-2-4-5-3-1;/h1-5H;1-5H;. The average molecular weight is 157 g/mol. The van der Waals surface area contributed by atoms with Crippen molar-refractivity contribution in [3.63, 3.8) is 0 Å². The second-order valence-corrected chi connectivity index (χ2v) is 1.91. The van der Waals surface area contributed by atoms with Crippen molar-refractivity contribution in [2.24, 2.45) is 0 Å². The van der Waals surface area contributed by atoms with Gasteiger partial charge < -0.3 is 4.98 Å². The third-order valence-electron chi connectivity index (χ3n) is 1.06. The Morgan fingerprint density at radius 3 is 1.50 bits per heavy atom. The Balaban J connectivity index is 0.000000189. The van der Waals surface area contributed by atoms with Gasteiger partial charge in [0.2, 0.25) is 0 Å². The van der Waals surface area contributed by atoms with E-state index in [1.54, 1.807) is 12.4 Å². The van der Waals surface area contributed by atoms with Crippen LogP contribution < -0.4 is 0 Å². The van der Waals surface area contributed by atoms with Gasteiger partial charge in [-0.15, -0.1) is 0 Å². The highest BCUT2D eigenvalue weighted by molar-refractivity contribution is 5.75. The smallest absolute Gasteiger partial charge is 0.0267 e. The molecule has 0 aliphatic rings. The lowest BCUT2D eigenvalue weighted by molar-refractivity contribution is 1.33. The van der Waals surface area contributed by atoms with Crippen molar-refractivity contribution < 1.29 is 0 Å². The number of nitrogens with one attached hydrogen (secondary N) is 1. The third kappa shape index (κ3) is 5.29. The average Bonchev–Trinajstić information content (AvgIpc) is 2.64. The summed E-state index contributed by atoms with van der Waals surface area (Å²) >= 11 is 0. The summed E-state index contributed by atoms with van der Waals surface area (Å²) in [6.07, 6.45) is 7.25. The molecule has 59 valence electrons. The van der Waals surface area contributed by atoms with Gasteiger partial charge in [0.05, 0.1) is 0 Å². The summed E-state index contributed by atoms with van der Waals surface area (Å²) in [6, 6.07) is 9.60. The van der Waals surface area contributed by atoms with Crippen molar-refractivity contribution in [1.82, 2.24) is 9.97 Å². The number of H-pyrrole nitrogens is 1. The zero-order valence-electron chi connectivity index (χ0n) is 6.72. The maximum Gasteiger partial charge on any atom is 0.0267 e. The van der Waals surface area contributed by atoms with Crippen LogP contribution in [0, 0.1) is 0 Å². The molecule has 0 amide bonds. The number of pyridine rings is 1. The van der Waals surface area contributed by atoms with Crippen LogP contribution in [-0.4, -0.2) is 18.4 Å². The summed E-state index contributed by atoms with van der Waals surface area (Å²) in [5, 5.41) is 0. The molecule has 1 N–H and O–H groups in total. The van der Waals surface area contributed by atoms with E-state index in [0.717, 1.165) is 0 Å². The molecular weight excluding hydrogens is 147 g/mol. The minimum atomic E-state index is 0. The van der Waals surface area contributed by atoms with E-state index in [2.05, 4.69) is 9.97 Å². The molecule has 0 unspecified atom stereocenters. The maximum atomic E-state index is 3.78. The van der Waals surface area contributed by atoms with Gasteiger partial charge in [-0.05, 0) is 24.3 Å². The van der Waals surface area contributed by atoms with Crippen LogP contribution in [0.5, 0.6) is 0 Å². The second kappa shape index (κ2) is 7.60. The fraction of sp³-hybridized carbons (Fsp3) is 0. The Kier molecular flexibility index (Phi) is 6.65. The minimum Gasteiger partial charge on any atom is -0.368 e. The molecule has 0 aliphatic carbocycles. The molecule has 0 spiro atoms. The zero-order chi connectivity index (χ0) is 7.78. The van der Waals surface area contributed by atoms with Crippen molar-refractivity contribution in [2.75, 3.05) is 0 Å². The van der Waals surface area contributed by atoms with E-state index < -0.39 is 0 Å². The number of nitrogens with zero attached hydrogens (tertiary/aromatic N) is 1. The van der Waals surface area contributed by atoms with Crippen molar-refractivity contribution >= 4 is 8.41 Å². The lowest BCUT2D eigenvalue weighted by atomic mass is 10.5. The quantitative estimate of drug-likeness (QED) is 0.579. The third-order valence-corrected chi connectivity index (χ3v) is 1.06. The van der Waals surface area contributed by atoms with E-state index in [0.29, 0.717) is 0 Å². The van der Waals surface area contributed by atoms with E-state index in [1.807, 2.05) is 42.7 Å². The van der Waals surface area contributed by atoms with E-state index in [9.17, 15) is 0 Å². The molecule has 0 atom stereocenters. The summed E-state index contributed by atoms with van der Waals surface area (Å²) in [4.78, 5) is 6.65. The normalized spacial score (nSPS) is 7.33. The van der Waals surface area contributed by atoms with E-state index >= 15 is 0 Å². The SMILES string of the molecule is [B].c1cc[nH]c1.c1ccncc1. The van der Waals surface area contributed by atoms with Crippen LogP contribution in [0.2, 0.25) is 0 Å². The van der Waals surface area contributed by atoms with Gasteiger partial charge in [-0.2, -0.15) is 0 Å². The van der Waals surface area contributed by atoms with Gasteiger partial charge in [-0.1, -0.05) is 6.07 Å². The molecule has 0 aliphatic heterocycles. The number of rotatable bonds is 0. The molecule has 0 aromatic carbocycles. The summed E-state index contributed by atoms with van der Waals surface area (Å²) in [7, 11) is 0. The Morgan fingerprint density at radius 2 is 1.33 bits per heavy atom. The van der Waals surface area contributed by atoms with Gasteiger partial charge >= 0.3 is 0 Å². The van der Waals surface area contributed by atoms with Gasteiger partial charge in [-0.25, -0.2) is 0 Å². The number of aromatic nitrogens is 2. The fourth-order valence-corrected chi connectivity index (χ4v) is 0.590. The van der Waals surface area contributed by atoms with Crippen LogP contribution in [0.3, 0.4) is 0 Å². The molecule has 0 bridgehead atoms. The molecule has 3 radical (unpaired) electrons. The topological polar surface area (TPSA) is 28.7 Å². The summed E-state index contributed by atoms with van der Waals surface area (Å²) < 4.78 is 0. The van der Waals surface area contributed by atoms with Crippen LogP contribution in [0.25, 0.3) is 0 Å². The predicted molar refractivity (Wildman–Crippen MR) is 50.8 cm³/mol. The van der Waals surface area contributed by atoms with Crippen molar-refractivity contribution in [1.29, 1.82) is 0 Å². The highest BCUT2D eigenvalue weighted by Gasteiger charge is 1.58. The van der Waals surface area contributed by atoms with Gasteiger partial charge in [-0.3, -0.25) is 4.98 Å². The zero-order valence-corrected chi connectivity index (χ0v) is 6.72. The highest BCUT2D eigenvalue weighted by Crippen LogP contribution is 1.73. The molecule has 0 fully saturated rings. The van der Waals surface area contributed by atoms with Crippen molar-refractivity contribution in [3.05, 3.63) is 55.1 Å². The Morgan fingerprint density at radius 1 is 0.750 bits per heavy atom. The first kappa shape index (κ1) is 10.5. The van der Waals surface area contributed by atoms with Crippen LogP contribution in [-0.2, 0) is 0 Å². The second-order valence-electron chi connectivity index (χ2n) is 1.91. The Labute approximate surface area is 74.2 Å². The first-order valence-electron chi connectivity index (χ1n) is 3.43. The monoisotopic (exact) mass is 157 g/mol. The van der Waals surface area contributed by atoms with Gasteiger partial charge in [0.15, 0.2) is 0 Å². The Hall–Kier alpha value is -1.51. The number of hydrogen-bond donors (Lipinski definition) is 1. The Bertz CT molecular complexity index is 198. The molecule has 2 aromatic rings. The van der Waals surface area contributed by atoms with E-state index in [-0.39, 0.29) is 8.41 Å². The first-order valence-corrected chi connectivity index (χ1v) is 3.43. The van der Waals surface area contributed by atoms with Crippen LogP contribution >= 0.6 is 0 Å². The summed E-state index contributed by atoms with van der Waals surface area (Å²) in [5.74, 6) is 0. The van der Waals surface area contributed by atoms with E-state index in [4.69, 9.17) is 0 Å². The molecular formula is C9H10BN2. The molecule has 2 aromatic heterocycles. The fourth-order valence-electron chi connectivity index (χ4n) is 0.590. The molecule has 0 saturated carbocycles. The van der Waals surface area contributed by atoms with Crippen LogP contribution in [0.15, 0.2) is 55.1 Å². The van der Waals surface area contributed by atoms with Gasteiger partial charge in [0.1, 0.15) is 0 Å². The van der Waals surface area contributed by atoms with Crippen LogP contribution in [0.4, 0.5) is 0 Å². The van der Waals surface area contributed by atoms with Crippen molar-refractivity contribution in [3.8, 4) is 0 Å². The van der Waals surface area contributed by atoms with Gasteiger partial charge in [0, 0.05) is 33.2 Å². The lowest BCUT2D eigenvalue weighted by Gasteiger charge is -1.70.